The molecule has 3 rings (SSSR count). The van der Waals surface area contributed by atoms with E-state index >= 15 is 0 Å². The molecule has 1 aromatic rings. The highest BCUT2D eigenvalue weighted by atomic mass is 16.2. The smallest absolute Gasteiger partial charge is 0.249 e. The molecule has 2 amide bonds. The second kappa shape index (κ2) is 15.3. The molecule has 1 saturated heterocycles. The zero-order valence-corrected chi connectivity index (χ0v) is 20.9. The zero-order valence-electron chi connectivity index (χ0n) is 20.9. The van der Waals surface area contributed by atoms with Crippen molar-refractivity contribution in [3.8, 4) is 0 Å². The lowest BCUT2D eigenvalue weighted by molar-refractivity contribution is -0.127. The Morgan fingerprint density at radius 2 is 1.63 bits per heavy atom. The lowest BCUT2D eigenvalue weighted by atomic mass is 10.1. The van der Waals surface area contributed by atoms with Crippen LogP contribution in [0.2, 0.25) is 0 Å². The van der Waals surface area contributed by atoms with E-state index in [1.165, 1.54) is 5.56 Å². The van der Waals surface area contributed by atoms with Gasteiger partial charge in [0.1, 0.15) is 6.04 Å². The summed E-state index contributed by atoms with van der Waals surface area (Å²) < 4.78 is 0. The van der Waals surface area contributed by atoms with Crippen molar-refractivity contribution in [3.63, 3.8) is 0 Å². The fourth-order valence-electron chi connectivity index (χ4n) is 4.04. The second-order valence-electron chi connectivity index (χ2n) is 8.98. The Labute approximate surface area is 209 Å². The van der Waals surface area contributed by atoms with Crippen molar-refractivity contribution >= 4 is 11.8 Å². The summed E-state index contributed by atoms with van der Waals surface area (Å²) in [6, 6.07) is 9.52. The van der Waals surface area contributed by atoms with E-state index < -0.39 is 6.04 Å². The molecule has 0 spiro atoms. The van der Waals surface area contributed by atoms with Crippen molar-refractivity contribution in [1.29, 1.82) is 0 Å². The van der Waals surface area contributed by atoms with Crippen LogP contribution in [-0.2, 0) is 16.1 Å². The average Bonchev–Trinajstić information content (AvgIpc) is 2.86. The van der Waals surface area contributed by atoms with Gasteiger partial charge in [-0.2, -0.15) is 0 Å². The average molecular weight is 484 g/mol. The van der Waals surface area contributed by atoms with Crippen LogP contribution in [0.4, 0.5) is 0 Å². The van der Waals surface area contributed by atoms with Crippen LogP contribution in [0.3, 0.4) is 0 Å². The molecular formula is C26H41N7O2. The Morgan fingerprint density at radius 1 is 0.971 bits per heavy atom. The summed E-state index contributed by atoms with van der Waals surface area (Å²) in [5.74, 6) is -0.368. The number of hydrogen-bond donors (Lipinski definition) is 5. The fourth-order valence-corrected chi connectivity index (χ4v) is 4.04. The number of amides is 2. The third-order valence-electron chi connectivity index (χ3n) is 6.09. The molecule has 0 radical (unpaired) electrons. The Kier molecular flexibility index (Phi) is 11.8. The first-order valence-electron chi connectivity index (χ1n) is 12.7. The first-order valence-corrected chi connectivity index (χ1v) is 12.7. The van der Waals surface area contributed by atoms with Crippen LogP contribution in [0.25, 0.3) is 0 Å². The minimum Gasteiger partial charge on any atom is -0.353 e. The molecule has 0 saturated carbocycles. The van der Waals surface area contributed by atoms with E-state index in [9.17, 15) is 9.59 Å². The van der Waals surface area contributed by atoms with Crippen molar-refractivity contribution in [2.75, 3.05) is 65.4 Å². The Hall–Kier alpha value is -2.72. The van der Waals surface area contributed by atoms with Crippen LogP contribution in [0.5, 0.6) is 0 Å². The van der Waals surface area contributed by atoms with E-state index in [1.54, 1.807) is 6.92 Å². The highest BCUT2D eigenvalue weighted by molar-refractivity contribution is 5.97. The summed E-state index contributed by atoms with van der Waals surface area (Å²) >= 11 is 0. The van der Waals surface area contributed by atoms with Gasteiger partial charge in [-0.25, -0.2) is 0 Å². The number of carbonyl (C=O) groups is 2. The van der Waals surface area contributed by atoms with E-state index in [1.807, 2.05) is 41.6 Å². The van der Waals surface area contributed by atoms with Crippen LogP contribution in [-0.4, -0.2) is 93.1 Å². The summed E-state index contributed by atoms with van der Waals surface area (Å²) in [6.07, 6.45) is 6.38. The van der Waals surface area contributed by atoms with Crippen LogP contribution in [0, 0.1) is 0 Å². The molecular weight excluding hydrogens is 442 g/mol. The van der Waals surface area contributed by atoms with Crippen molar-refractivity contribution in [2.24, 2.45) is 0 Å². The van der Waals surface area contributed by atoms with Gasteiger partial charge in [0.25, 0.3) is 0 Å². The third-order valence-corrected chi connectivity index (χ3v) is 6.09. The maximum Gasteiger partial charge on any atom is 0.249 e. The van der Waals surface area contributed by atoms with E-state index in [0.717, 1.165) is 58.9 Å². The van der Waals surface area contributed by atoms with Gasteiger partial charge < -0.3 is 31.5 Å². The number of benzene rings is 1. The molecule has 2 heterocycles. The Balaban J connectivity index is 1.39. The molecule has 1 atom stereocenters. The van der Waals surface area contributed by atoms with Crippen molar-refractivity contribution in [2.45, 2.75) is 25.9 Å². The van der Waals surface area contributed by atoms with Crippen molar-refractivity contribution < 1.29 is 9.59 Å². The molecule has 1 fully saturated rings. The molecule has 0 aromatic heterocycles. The van der Waals surface area contributed by atoms with Gasteiger partial charge in [-0.15, -0.1) is 0 Å². The molecule has 1 aromatic carbocycles. The number of hydrogen-bond acceptors (Lipinski definition) is 7. The minimum absolute atomic E-state index is 0.164. The standard InChI is InChI=1S/C26H41N7O2/c1-22(25(34)30-15-19-32-17-13-28-11-9-27-10-12-29-14-18-32)31-26(35)24-8-5-16-33(21-24)20-23-6-3-2-4-7-23/h2-7,16,21-22,27-29H,8-15,17-20H2,1H3,(H,30,34)(H,31,35)/t22-/m0/s1. The molecule has 5 N–H and O–H groups in total. The summed E-state index contributed by atoms with van der Waals surface area (Å²) in [5.41, 5.74) is 1.82. The maximum absolute atomic E-state index is 12.8. The summed E-state index contributed by atoms with van der Waals surface area (Å²) in [7, 11) is 0. The largest absolute Gasteiger partial charge is 0.353 e. The van der Waals surface area contributed by atoms with Gasteiger partial charge in [0.2, 0.25) is 11.8 Å². The predicted octanol–water partition coefficient (Wildman–Crippen LogP) is -0.00480. The topological polar surface area (TPSA) is 101 Å². The number of nitrogens with zero attached hydrogens (tertiary/aromatic N) is 2. The Morgan fingerprint density at radius 3 is 2.31 bits per heavy atom. The molecule has 9 heteroatoms. The van der Waals surface area contributed by atoms with Gasteiger partial charge in [0.15, 0.2) is 0 Å². The molecule has 9 nitrogen and oxygen atoms in total. The molecule has 192 valence electrons. The van der Waals surface area contributed by atoms with Crippen LogP contribution in [0.15, 0.2) is 54.4 Å². The van der Waals surface area contributed by atoms with E-state index in [2.05, 4.69) is 43.6 Å². The molecule has 0 aliphatic carbocycles. The van der Waals surface area contributed by atoms with Gasteiger partial charge >= 0.3 is 0 Å². The summed E-state index contributed by atoms with van der Waals surface area (Å²) in [4.78, 5) is 29.7. The fraction of sp³-hybridized carbons (Fsp3) is 0.538. The number of carbonyl (C=O) groups excluding carboxylic acids is 2. The van der Waals surface area contributed by atoms with Gasteiger partial charge in [-0.3, -0.25) is 14.5 Å². The van der Waals surface area contributed by atoms with Crippen LogP contribution >= 0.6 is 0 Å². The second-order valence-corrected chi connectivity index (χ2v) is 8.98. The minimum atomic E-state index is -0.598. The predicted molar refractivity (Wildman–Crippen MR) is 139 cm³/mol. The lowest BCUT2D eigenvalue weighted by Crippen LogP contribution is -2.48. The number of nitrogens with one attached hydrogen (secondary N) is 5. The summed E-state index contributed by atoms with van der Waals surface area (Å²) in [5, 5.41) is 16.1. The molecule has 0 unspecified atom stereocenters. The molecule has 2 aliphatic rings. The monoisotopic (exact) mass is 483 g/mol. The highest BCUT2D eigenvalue weighted by Gasteiger charge is 2.19. The van der Waals surface area contributed by atoms with Gasteiger partial charge in [-0.05, 0) is 18.9 Å². The summed E-state index contributed by atoms with van der Waals surface area (Å²) in [6.45, 7) is 11.3. The quantitative estimate of drug-likeness (QED) is 0.355. The maximum atomic E-state index is 12.8. The van der Waals surface area contributed by atoms with Gasteiger partial charge in [0, 0.05) is 90.0 Å². The normalized spacial score (nSPS) is 19.1. The molecule has 2 aliphatic heterocycles. The van der Waals surface area contributed by atoms with Crippen LogP contribution in [0.1, 0.15) is 18.9 Å². The van der Waals surface area contributed by atoms with Crippen LogP contribution < -0.4 is 26.6 Å². The third kappa shape index (κ3) is 10.2. The first-order chi connectivity index (χ1) is 17.1. The molecule has 35 heavy (non-hydrogen) atoms. The van der Waals surface area contributed by atoms with Crippen molar-refractivity contribution in [3.05, 3.63) is 59.9 Å². The zero-order chi connectivity index (χ0) is 24.7. The lowest BCUT2D eigenvalue weighted by Gasteiger charge is -2.24. The SMILES string of the molecule is C[C@H](NC(=O)C1=CN(Cc2ccccc2)C=CC1)C(=O)NCCN1CCNCCNCCNCC1. The van der Waals surface area contributed by atoms with Crippen molar-refractivity contribution in [1.82, 2.24) is 36.4 Å². The number of allylic oxidation sites excluding steroid dienone is 1. The van der Waals surface area contributed by atoms with E-state index in [-0.39, 0.29) is 11.8 Å². The van der Waals surface area contributed by atoms with E-state index in [0.29, 0.717) is 25.1 Å². The van der Waals surface area contributed by atoms with Gasteiger partial charge in [-0.1, -0.05) is 36.4 Å². The Bertz CT molecular complexity index is 831. The molecule has 0 bridgehead atoms. The number of rotatable bonds is 8. The first kappa shape index (κ1) is 26.9. The van der Waals surface area contributed by atoms with E-state index in [4.69, 9.17) is 0 Å². The van der Waals surface area contributed by atoms with Gasteiger partial charge in [0.05, 0.1) is 0 Å². The highest BCUT2D eigenvalue weighted by Crippen LogP contribution is 2.15.